The number of nitrogens with two attached hydrogens (primary N) is 1. The van der Waals surface area contributed by atoms with Gasteiger partial charge in [-0.1, -0.05) is 0 Å². The number of hydrogen-bond donors (Lipinski definition) is 2. The third kappa shape index (κ3) is 3.08. The van der Waals surface area contributed by atoms with Gasteiger partial charge in [-0.25, -0.2) is 4.98 Å². The van der Waals surface area contributed by atoms with Gasteiger partial charge in [0.05, 0.1) is 6.61 Å². The van der Waals surface area contributed by atoms with Gasteiger partial charge in [0, 0.05) is 17.3 Å². The summed E-state index contributed by atoms with van der Waals surface area (Å²) in [6.45, 7) is 1.79. The number of aryl methyl sites for hydroxylation is 1. The van der Waals surface area contributed by atoms with E-state index < -0.39 is 5.91 Å². The van der Waals surface area contributed by atoms with Crippen LogP contribution in [0.3, 0.4) is 0 Å². The van der Waals surface area contributed by atoms with Gasteiger partial charge < -0.3 is 15.6 Å². The predicted molar refractivity (Wildman–Crippen MR) is 69.9 cm³/mol. The molecule has 0 aliphatic heterocycles. The van der Waals surface area contributed by atoms with Gasteiger partial charge in [-0.05, 0) is 42.8 Å². The van der Waals surface area contributed by atoms with Crippen molar-refractivity contribution in [3.63, 3.8) is 0 Å². The standard InChI is InChI=1S/C14H14N2O3/c1-9-6-10(8-17)7-16-14(9)19-12-4-2-11(3-5-12)13(15)18/h2-7,17H,8H2,1H3,(H2,15,18). The molecule has 0 bridgehead atoms. The van der Waals surface area contributed by atoms with Crippen LogP contribution in [0.1, 0.15) is 21.5 Å². The number of rotatable bonds is 4. The predicted octanol–water partition coefficient (Wildman–Crippen LogP) is 1.77. The van der Waals surface area contributed by atoms with Crippen LogP contribution in [0.15, 0.2) is 36.5 Å². The number of pyridine rings is 1. The van der Waals surface area contributed by atoms with Gasteiger partial charge in [0.2, 0.25) is 11.8 Å². The maximum atomic E-state index is 10.9. The van der Waals surface area contributed by atoms with E-state index in [1.54, 1.807) is 36.5 Å². The van der Waals surface area contributed by atoms with Crippen LogP contribution in [0.5, 0.6) is 11.6 Å². The van der Waals surface area contributed by atoms with Crippen molar-refractivity contribution in [2.45, 2.75) is 13.5 Å². The fraction of sp³-hybridized carbons (Fsp3) is 0.143. The number of primary amides is 1. The lowest BCUT2D eigenvalue weighted by atomic mass is 10.2. The molecule has 0 fully saturated rings. The minimum absolute atomic E-state index is 0.0541. The normalized spacial score (nSPS) is 10.2. The number of aliphatic hydroxyl groups excluding tert-OH is 1. The molecule has 0 saturated carbocycles. The van der Waals surface area contributed by atoms with Crippen LogP contribution in [0, 0.1) is 6.92 Å². The lowest BCUT2D eigenvalue weighted by Crippen LogP contribution is -2.10. The van der Waals surface area contributed by atoms with E-state index in [-0.39, 0.29) is 6.61 Å². The van der Waals surface area contributed by atoms with E-state index in [1.165, 1.54) is 0 Å². The van der Waals surface area contributed by atoms with Crippen LogP contribution in [0.2, 0.25) is 0 Å². The van der Waals surface area contributed by atoms with Gasteiger partial charge in [0.1, 0.15) is 5.75 Å². The van der Waals surface area contributed by atoms with E-state index in [0.717, 1.165) is 11.1 Å². The fourth-order valence-electron chi connectivity index (χ4n) is 1.61. The molecule has 1 amide bonds. The highest BCUT2D eigenvalue weighted by Gasteiger charge is 2.05. The summed E-state index contributed by atoms with van der Waals surface area (Å²) in [5, 5.41) is 9.00. The highest BCUT2D eigenvalue weighted by atomic mass is 16.5. The molecular weight excluding hydrogens is 244 g/mol. The molecule has 3 N–H and O–H groups in total. The molecule has 5 nitrogen and oxygen atoms in total. The Labute approximate surface area is 110 Å². The van der Waals surface area contributed by atoms with Crippen molar-refractivity contribution in [1.29, 1.82) is 0 Å². The number of amides is 1. The van der Waals surface area contributed by atoms with Crippen LogP contribution in [-0.2, 0) is 6.61 Å². The zero-order valence-electron chi connectivity index (χ0n) is 10.5. The van der Waals surface area contributed by atoms with Crippen molar-refractivity contribution in [3.05, 3.63) is 53.2 Å². The average molecular weight is 258 g/mol. The smallest absolute Gasteiger partial charge is 0.248 e. The van der Waals surface area contributed by atoms with Crippen molar-refractivity contribution < 1.29 is 14.6 Å². The summed E-state index contributed by atoms with van der Waals surface area (Å²) in [6.07, 6.45) is 1.56. The van der Waals surface area contributed by atoms with Gasteiger partial charge in [0.15, 0.2) is 0 Å². The number of benzene rings is 1. The molecule has 0 saturated heterocycles. The summed E-state index contributed by atoms with van der Waals surface area (Å²) in [5.74, 6) is 0.550. The number of ether oxygens (including phenoxy) is 1. The van der Waals surface area contributed by atoms with Crippen LogP contribution >= 0.6 is 0 Å². The number of aliphatic hydroxyl groups is 1. The zero-order chi connectivity index (χ0) is 13.8. The molecule has 0 aliphatic rings. The number of aromatic nitrogens is 1. The Balaban J connectivity index is 2.19. The van der Waals surface area contributed by atoms with E-state index >= 15 is 0 Å². The largest absolute Gasteiger partial charge is 0.439 e. The second kappa shape index (κ2) is 5.49. The Morgan fingerprint density at radius 3 is 2.58 bits per heavy atom. The number of hydrogen-bond acceptors (Lipinski definition) is 4. The lowest BCUT2D eigenvalue weighted by molar-refractivity contribution is 0.100. The molecule has 19 heavy (non-hydrogen) atoms. The number of nitrogens with zero attached hydrogens (tertiary/aromatic N) is 1. The van der Waals surface area contributed by atoms with E-state index in [0.29, 0.717) is 17.2 Å². The third-order valence-corrected chi connectivity index (χ3v) is 2.62. The fourth-order valence-corrected chi connectivity index (χ4v) is 1.61. The second-order valence-corrected chi connectivity index (χ2v) is 4.11. The molecular formula is C14H14N2O3. The molecule has 98 valence electrons. The molecule has 1 heterocycles. The third-order valence-electron chi connectivity index (χ3n) is 2.62. The number of carbonyl (C=O) groups is 1. The first kappa shape index (κ1) is 13.0. The van der Waals surface area contributed by atoms with Gasteiger partial charge in [-0.15, -0.1) is 0 Å². The first-order valence-corrected chi connectivity index (χ1v) is 5.74. The highest BCUT2D eigenvalue weighted by Crippen LogP contribution is 2.23. The molecule has 5 heteroatoms. The van der Waals surface area contributed by atoms with E-state index in [9.17, 15) is 4.79 Å². The average Bonchev–Trinajstić information content (AvgIpc) is 2.41. The Bertz CT molecular complexity index is 594. The summed E-state index contributed by atoms with van der Waals surface area (Å²) in [6, 6.07) is 8.30. The van der Waals surface area contributed by atoms with Gasteiger partial charge in [-0.2, -0.15) is 0 Å². The monoisotopic (exact) mass is 258 g/mol. The zero-order valence-corrected chi connectivity index (χ0v) is 10.5. The Kier molecular flexibility index (Phi) is 3.77. The lowest BCUT2D eigenvalue weighted by Gasteiger charge is -2.08. The van der Waals surface area contributed by atoms with Crippen molar-refractivity contribution >= 4 is 5.91 Å². The minimum atomic E-state index is -0.479. The molecule has 2 aromatic rings. The molecule has 0 spiro atoms. The van der Waals surface area contributed by atoms with Crippen LogP contribution in [-0.4, -0.2) is 16.0 Å². The number of carbonyl (C=O) groups excluding carboxylic acids is 1. The molecule has 0 unspecified atom stereocenters. The molecule has 1 aromatic carbocycles. The maximum Gasteiger partial charge on any atom is 0.248 e. The SMILES string of the molecule is Cc1cc(CO)cnc1Oc1ccc(C(N)=O)cc1. The van der Waals surface area contributed by atoms with Gasteiger partial charge in [-0.3, -0.25) is 4.79 Å². The van der Waals surface area contributed by atoms with Crippen molar-refractivity contribution in [3.8, 4) is 11.6 Å². The molecule has 0 atom stereocenters. The van der Waals surface area contributed by atoms with E-state index in [1.807, 2.05) is 6.92 Å². The summed E-state index contributed by atoms with van der Waals surface area (Å²) in [5.41, 5.74) is 7.14. The van der Waals surface area contributed by atoms with Crippen LogP contribution in [0.25, 0.3) is 0 Å². The van der Waals surface area contributed by atoms with Crippen LogP contribution in [0.4, 0.5) is 0 Å². The summed E-state index contributed by atoms with van der Waals surface area (Å²) >= 11 is 0. The first-order valence-electron chi connectivity index (χ1n) is 5.74. The maximum absolute atomic E-state index is 10.9. The van der Waals surface area contributed by atoms with Crippen molar-refractivity contribution in [2.75, 3.05) is 0 Å². The summed E-state index contributed by atoms with van der Waals surface area (Å²) in [7, 11) is 0. The molecule has 0 radical (unpaired) electrons. The van der Waals surface area contributed by atoms with Crippen molar-refractivity contribution in [2.24, 2.45) is 5.73 Å². The summed E-state index contributed by atoms with van der Waals surface area (Å²) < 4.78 is 5.60. The topological polar surface area (TPSA) is 85.4 Å². The molecule has 0 aliphatic carbocycles. The Hall–Kier alpha value is -2.40. The van der Waals surface area contributed by atoms with Crippen molar-refractivity contribution in [1.82, 2.24) is 4.98 Å². The highest BCUT2D eigenvalue weighted by molar-refractivity contribution is 5.92. The first-order chi connectivity index (χ1) is 9.10. The summed E-state index contributed by atoms with van der Waals surface area (Å²) in [4.78, 5) is 15.1. The van der Waals surface area contributed by atoms with Gasteiger partial charge in [0.25, 0.3) is 0 Å². The molecule has 2 rings (SSSR count). The van der Waals surface area contributed by atoms with Gasteiger partial charge >= 0.3 is 0 Å². The Morgan fingerprint density at radius 1 is 1.37 bits per heavy atom. The quantitative estimate of drug-likeness (QED) is 0.875. The second-order valence-electron chi connectivity index (χ2n) is 4.11. The van der Waals surface area contributed by atoms with E-state index in [4.69, 9.17) is 15.6 Å². The Morgan fingerprint density at radius 2 is 2.05 bits per heavy atom. The minimum Gasteiger partial charge on any atom is -0.439 e. The van der Waals surface area contributed by atoms with E-state index in [2.05, 4.69) is 4.98 Å². The van der Waals surface area contributed by atoms with Crippen LogP contribution < -0.4 is 10.5 Å². The molecule has 1 aromatic heterocycles.